The number of ether oxygens (including phenoxy) is 1. The van der Waals surface area contributed by atoms with Crippen molar-refractivity contribution in [3.63, 3.8) is 0 Å². The Morgan fingerprint density at radius 1 is 1.14 bits per heavy atom. The highest BCUT2D eigenvalue weighted by atomic mass is 32.2. The van der Waals surface area contributed by atoms with Crippen LogP contribution in [0, 0.1) is 5.92 Å². The minimum atomic E-state index is -3.88. The number of hydrogen-bond donors (Lipinski definition) is 1. The van der Waals surface area contributed by atoms with Crippen LogP contribution in [-0.2, 0) is 16.6 Å². The molecule has 4 rings (SSSR count). The van der Waals surface area contributed by atoms with Crippen molar-refractivity contribution in [2.45, 2.75) is 37.4 Å². The number of aliphatic hydroxyl groups excluding tert-OH is 1. The molecule has 9 heteroatoms. The average molecular weight is 523 g/mol. The molecule has 1 aromatic heterocycles. The number of hydrogen-bond acceptors (Lipinski definition) is 7. The Balaban J connectivity index is 1.68. The molecule has 0 aliphatic carbocycles. The first-order chi connectivity index (χ1) is 17.8. The van der Waals surface area contributed by atoms with Gasteiger partial charge in [0, 0.05) is 49.6 Å². The summed E-state index contributed by atoms with van der Waals surface area (Å²) in [5.41, 5.74) is 2.86. The van der Waals surface area contributed by atoms with E-state index in [0.29, 0.717) is 18.8 Å². The van der Waals surface area contributed by atoms with Crippen molar-refractivity contribution >= 4 is 22.2 Å². The molecule has 2 aromatic carbocycles. The van der Waals surface area contributed by atoms with Crippen LogP contribution in [-0.4, -0.2) is 71.6 Å². The van der Waals surface area contributed by atoms with Crippen molar-refractivity contribution < 1.29 is 18.3 Å². The van der Waals surface area contributed by atoms with E-state index in [2.05, 4.69) is 14.9 Å². The zero-order chi connectivity index (χ0) is 26.4. The largest absolute Gasteiger partial charge is 0.487 e. The van der Waals surface area contributed by atoms with Crippen LogP contribution in [0.5, 0.6) is 5.75 Å². The number of nitrogens with zero attached hydrogens (tertiary/aromatic N) is 4. The van der Waals surface area contributed by atoms with Gasteiger partial charge in [-0.05, 0) is 37.2 Å². The van der Waals surface area contributed by atoms with E-state index in [1.807, 2.05) is 56.5 Å². The topological polar surface area (TPSA) is 95.9 Å². The molecule has 3 atom stereocenters. The molecule has 0 saturated heterocycles. The fourth-order valence-electron chi connectivity index (χ4n) is 4.42. The summed E-state index contributed by atoms with van der Waals surface area (Å²) in [5.74, 6) is 0.188. The highest BCUT2D eigenvalue weighted by Crippen LogP contribution is 2.34. The molecule has 37 heavy (non-hydrogen) atoms. The molecule has 8 nitrogen and oxygen atoms in total. The number of benzene rings is 2. The monoisotopic (exact) mass is 522 g/mol. The van der Waals surface area contributed by atoms with Gasteiger partial charge in [-0.25, -0.2) is 18.4 Å². The van der Waals surface area contributed by atoms with Crippen molar-refractivity contribution in [3.8, 4) is 5.75 Å². The second kappa shape index (κ2) is 12.0. The Morgan fingerprint density at radius 3 is 2.54 bits per heavy atom. The first-order valence-corrected chi connectivity index (χ1v) is 13.8. The predicted octanol–water partition coefficient (Wildman–Crippen LogP) is 3.55. The van der Waals surface area contributed by atoms with Gasteiger partial charge < -0.3 is 9.84 Å². The predicted molar refractivity (Wildman–Crippen MR) is 144 cm³/mol. The van der Waals surface area contributed by atoms with Gasteiger partial charge in [0.25, 0.3) is 0 Å². The van der Waals surface area contributed by atoms with Gasteiger partial charge in [-0.1, -0.05) is 55.5 Å². The van der Waals surface area contributed by atoms with E-state index in [9.17, 15) is 13.5 Å². The number of likely N-dealkylation sites (N-methyl/N-ethyl adjacent to an activating group) is 1. The van der Waals surface area contributed by atoms with Gasteiger partial charge in [0.05, 0.1) is 6.61 Å². The number of rotatable bonds is 8. The quantitative estimate of drug-likeness (QED) is 0.452. The molecule has 2 heterocycles. The van der Waals surface area contributed by atoms with Crippen molar-refractivity contribution in [3.05, 3.63) is 83.9 Å². The summed E-state index contributed by atoms with van der Waals surface area (Å²) in [6.07, 6.45) is 8.70. The maximum absolute atomic E-state index is 13.7. The molecule has 0 fully saturated rings. The van der Waals surface area contributed by atoms with Crippen LogP contribution in [0.3, 0.4) is 0 Å². The van der Waals surface area contributed by atoms with Gasteiger partial charge in [0.2, 0.25) is 10.0 Å². The molecule has 1 aliphatic rings. The SMILES string of the molecule is C[C@@H]1CN([C@@H](C)CO)S(=O)(=O)c2ccc(C=Cc3ccccc3)cc2O[C@@H]1CN(C)Cc1cncnc1. The van der Waals surface area contributed by atoms with E-state index in [1.165, 1.54) is 10.6 Å². The van der Waals surface area contributed by atoms with Gasteiger partial charge >= 0.3 is 0 Å². The van der Waals surface area contributed by atoms with Gasteiger partial charge in [-0.15, -0.1) is 0 Å². The lowest BCUT2D eigenvalue weighted by atomic mass is 10.0. The van der Waals surface area contributed by atoms with Crippen LogP contribution < -0.4 is 4.74 Å². The van der Waals surface area contributed by atoms with Crippen LogP contribution in [0.4, 0.5) is 0 Å². The van der Waals surface area contributed by atoms with E-state index in [4.69, 9.17) is 4.74 Å². The Morgan fingerprint density at radius 2 is 1.84 bits per heavy atom. The maximum Gasteiger partial charge on any atom is 0.247 e. The summed E-state index contributed by atoms with van der Waals surface area (Å²) in [4.78, 5) is 10.4. The summed E-state index contributed by atoms with van der Waals surface area (Å²) in [5, 5.41) is 9.85. The van der Waals surface area contributed by atoms with E-state index < -0.39 is 16.1 Å². The van der Waals surface area contributed by atoms with Crippen LogP contribution in [0.15, 0.2) is 72.1 Å². The van der Waals surface area contributed by atoms with Crippen LogP contribution in [0.2, 0.25) is 0 Å². The molecule has 0 spiro atoms. The number of aliphatic hydroxyl groups is 1. The standard InChI is InChI=1S/C28H34N4O4S/c1-21-16-32(22(2)19-33)37(34,35)28-12-11-24(10-9-23-7-5-4-6-8-23)13-26(28)36-27(21)18-31(3)17-25-14-29-20-30-15-25/h4-15,20-22,27,33H,16-19H2,1-3H3/t21-,22+,27-/m1/s1. The zero-order valence-electron chi connectivity index (χ0n) is 21.4. The summed E-state index contributed by atoms with van der Waals surface area (Å²) in [7, 11) is -1.88. The van der Waals surface area contributed by atoms with Gasteiger partial charge in [-0.2, -0.15) is 4.31 Å². The fourth-order valence-corrected chi connectivity index (χ4v) is 6.24. The lowest BCUT2D eigenvalue weighted by molar-refractivity contribution is 0.0733. The number of sulfonamides is 1. The molecular formula is C28H34N4O4S. The summed E-state index contributed by atoms with van der Waals surface area (Å²) in [6, 6.07) is 14.5. The Bertz CT molecular complexity index is 1300. The smallest absolute Gasteiger partial charge is 0.247 e. The molecule has 0 saturated carbocycles. The highest BCUT2D eigenvalue weighted by Gasteiger charge is 2.38. The van der Waals surface area contributed by atoms with Crippen molar-refractivity contribution in [1.82, 2.24) is 19.2 Å². The third kappa shape index (κ3) is 6.61. The number of fused-ring (bicyclic) bond motifs is 1. The second-order valence-corrected chi connectivity index (χ2v) is 11.5. The summed E-state index contributed by atoms with van der Waals surface area (Å²) >= 11 is 0. The second-order valence-electron chi connectivity index (χ2n) is 9.63. The summed E-state index contributed by atoms with van der Waals surface area (Å²) < 4.78 is 35.2. The third-order valence-corrected chi connectivity index (χ3v) is 8.54. The minimum Gasteiger partial charge on any atom is -0.487 e. The normalized spacial score (nSPS) is 20.7. The Hall–Kier alpha value is -3.11. The van der Waals surface area contributed by atoms with E-state index in [-0.39, 0.29) is 30.1 Å². The van der Waals surface area contributed by atoms with E-state index in [0.717, 1.165) is 16.7 Å². The molecule has 1 aliphatic heterocycles. The molecule has 0 unspecified atom stereocenters. The third-order valence-electron chi connectivity index (χ3n) is 6.52. The molecular weight excluding hydrogens is 488 g/mol. The Kier molecular flexibility index (Phi) is 8.71. The van der Waals surface area contributed by atoms with Crippen molar-refractivity contribution in [2.24, 2.45) is 5.92 Å². The maximum atomic E-state index is 13.7. The first-order valence-electron chi connectivity index (χ1n) is 12.4. The molecule has 0 amide bonds. The Labute approximate surface area is 219 Å². The van der Waals surface area contributed by atoms with Gasteiger partial charge in [0.15, 0.2) is 0 Å². The van der Waals surface area contributed by atoms with Gasteiger partial charge in [0.1, 0.15) is 23.1 Å². The van der Waals surface area contributed by atoms with E-state index in [1.54, 1.807) is 37.5 Å². The van der Waals surface area contributed by atoms with Gasteiger partial charge in [-0.3, -0.25) is 4.90 Å². The molecule has 0 bridgehead atoms. The van der Waals surface area contributed by atoms with Crippen LogP contribution in [0.25, 0.3) is 12.2 Å². The molecule has 3 aromatic rings. The zero-order valence-corrected chi connectivity index (χ0v) is 22.3. The molecule has 196 valence electrons. The first kappa shape index (κ1) is 26.9. The lowest BCUT2D eigenvalue weighted by Crippen LogP contribution is -2.49. The van der Waals surface area contributed by atoms with E-state index >= 15 is 0 Å². The number of aromatic nitrogens is 2. The molecule has 1 N–H and O–H groups in total. The minimum absolute atomic E-state index is 0.112. The highest BCUT2D eigenvalue weighted by molar-refractivity contribution is 7.89. The summed E-state index contributed by atoms with van der Waals surface area (Å²) in [6.45, 7) is 4.89. The van der Waals surface area contributed by atoms with Crippen LogP contribution >= 0.6 is 0 Å². The van der Waals surface area contributed by atoms with Crippen molar-refractivity contribution in [1.29, 1.82) is 0 Å². The fraction of sp³-hybridized carbons (Fsp3) is 0.357. The molecule has 0 radical (unpaired) electrons. The van der Waals surface area contributed by atoms with Crippen molar-refractivity contribution in [2.75, 3.05) is 26.7 Å². The lowest BCUT2D eigenvalue weighted by Gasteiger charge is -2.37. The van der Waals surface area contributed by atoms with Crippen LogP contribution in [0.1, 0.15) is 30.5 Å². The average Bonchev–Trinajstić information content (AvgIpc) is 2.90.